The molecule has 3 heteroatoms. The van der Waals surface area contributed by atoms with E-state index in [-0.39, 0.29) is 6.10 Å². The third-order valence-electron chi connectivity index (χ3n) is 3.76. The van der Waals surface area contributed by atoms with Crippen LogP contribution in [0.25, 0.3) is 0 Å². The molecule has 1 aliphatic carbocycles. The lowest BCUT2D eigenvalue weighted by atomic mass is 9.82. The van der Waals surface area contributed by atoms with Crippen LogP contribution in [-0.4, -0.2) is 25.4 Å². The second-order valence-corrected chi connectivity index (χ2v) is 5.08. The van der Waals surface area contributed by atoms with Gasteiger partial charge in [0.05, 0.1) is 12.7 Å². The second kappa shape index (κ2) is 4.67. The van der Waals surface area contributed by atoms with Crippen LogP contribution >= 0.6 is 0 Å². The summed E-state index contributed by atoms with van der Waals surface area (Å²) in [7, 11) is 0. The maximum absolute atomic E-state index is 5.84. The molecule has 2 aliphatic rings. The normalized spacial score (nSPS) is 30.5. The Bertz CT molecular complexity index is 363. The number of nitrogens with two attached hydrogens (primary N) is 1. The molecule has 1 heterocycles. The molecule has 2 N–H and O–H groups in total. The first-order chi connectivity index (χ1) is 8.35. The molecule has 17 heavy (non-hydrogen) atoms. The molecule has 3 rings (SSSR count). The smallest absolute Gasteiger partial charge is 0.126 e. The third kappa shape index (κ3) is 2.31. The lowest BCUT2D eigenvalue weighted by Crippen LogP contribution is -2.37. The van der Waals surface area contributed by atoms with Crippen LogP contribution in [0.3, 0.4) is 0 Å². The Hall–Kier alpha value is -1.06. The van der Waals surface area contributed by atoms with Gasteiger partial charge in [0, 0.05) is 6.42 Å². The van der Waals surface area contributed by atoms with Gasteiger partial charge in [0.15, 0.2) is 0 Å². The molecular weight excluding hydrogens is 214 g/mol. The number of hydrogen-bond donors (Lipinski definition) is 1. The fourth-order valence-electron chi connectivity index (χ4n) is 2.59. The lowest BCUT2D eigenvalue weighted by Gasteiger charge is -2.34. The highest BCUT2D eigenvalue weighted by atomic mass is 16.5. The summed E-state index contributed by atoms with van der Waals surface area (Å²) in [5.41, 5.74) is 6.89. The number of rotatable bonds is 4. The molecular formula is C14H19NO2. The van der Waals surface area contributed by atoms with E-state index in [0.29, 0.717) is 18.6 Å². The number of fused-ring (bicyclic) bond motifs is 1. The minimum absolute atomic E-state index is 0.198. The van der Waals surface area contributed by atoms with Gasteiger partial charge in [0.25, 0.3) is 0 Å². The third-order valence-corrected chi connectivity index (χ3v) is 3.76. The number of benzene rings is 1. The zero-order chi connectivity index (χ0) is 11.7. The highest BCUT2D eigenvalue weighted by molar-refractivity contribution is 5.37. The second-order valence-electron chi connectivity index (χ2n) is 5.08. The van der Waals surface area contributed by atoms with Crippen LogP contribution in [0.4, 0.5) is 0 Å². The molecule has 1 atom stereocenters. The van der Waals surface area contributed by atoms with Crippen molar-refractivity contribution in [2.75, 3.05) is 13.2 Å². The monoisotopic (exact) mass is 233 g/mol. The summed E-state index contributed by atoms with van der Waals surface area (Å²) in [6.45, 7) is 1.50. The lowest BCUT2D eigenvalue weighted by molar-refractivity contribution is -0.0532. The van der Waals surface area contributed by atoms with Gasteiger partial charge in [-0.3, -0.25) is 0 Å². The summed E-state index contributed by atoms with van der Waals surface area (Å²) < 4.78 is 11.7. The molecule has 0 radical (unpaired) electrons. The first-order valence-electron chi connectivity index (χ1n) is 6.41. The van der Waals surface area contributed by atoms with E-state index in [1.165, 1.54) is 5.56 Å². The summed E-state index contributed by atoms with van der Waals surface area (Å²) in [6, 6.07) is 8.23. The van der Waals surface area contributed by atoms with Crippen molar-refractivity contribution in [3.63, 3.8) is 0 Å². The van der Waals surface area contributed by atoms with E-state index >= 15 is 0 Å². The Kier molecular flexibility index (Phi) is 3.04. The Morgan fingerprint density at radius 1 is 1.29 bits per heavy atom. The van der Waals surface area contributed by atoms with Crippen LogP contribution in [0, 0.1) is 5.92 Å². The first-order valence-corrected chi connectivity index (χ1v) is 6.41. The number of ether oxygens (including phenoxy) is 2. The predicted octanol–water partition coefficient (Wildman–Crippen LogP) is 1.74. The SMILES string of the molecule is NCC1CC(OCC2Cc3ccccc3O2)C1. The predicted molar refractivity (Wildman–Crippen MR) is 66.1 cm³/mol. The van der Waals surface area contributed by atoms with Crippen molar-refractivity contribution in [1.82, 2.24) is 0 Å². The number of hydrogen-bond acceptors (Lipinski definition) is 3. The van der Waals surface area contributed by atoms with Crippen molar-refractivity contribution >= 4 is 0 Å². The molecule has 3 nitrogen and oxygen atoms in total. The quantitative estimate of drug-likeness (QED) is 0.861. The zero-order valence-corrected chi connectivity index (χ0v) is 9.97. The van der Waals surface area contributed by atoms with E-state index < -0.39 is 0 Å². The van der Waals surface area contributed by atoms with Crippen molar-refractivity contribution in [2.24, 2.45) is 11.7 Å². The van der Waals surface area contributed by atoms with Crippen molar-refractivity contribution in [2.45, 2.75) is 31.5 Å². The summed E-state index contributed by atoms with van der Waals surface area (Å²) >= 11 is 0. The van der Waals surface area contributed by atoms with Crippen LogP contribution in [0.15, 0.2) is 24.3 Å². The van der Waals surface area contributed by atoms with Gasteiger partial charge >= 0.3 is 0 Å². The topological polar surface area (TPSA) is 44.5 Å². The van der Waals surface area contributed by atoms with Crippen LogP contribution < -0.4 is 10.5 Å². The van der Waals surface area contributed by atoms with Crippen LogP contribution in [0.5, 0.6) is 5.75 Å². The molecule has 1 unspecified atom stereocenters. The average Bonchev–Trinajstić information content (AvgIpc) is 2.69. The molecule has 1 aromatic rings. The maximum atomic E-state index is 5.84. The Labute approximate surface area is 102 Å². The van der Waals surface area contributed by atoms with Gasteiger partial charge < -0.3 is 15.2 Å². The molecule has 0 spiro atoms. The molecule has 1 aliphatic heterocycles. The molecule has 1 aromatic carbocycles. The van der Waals surface area contributed by atoms with Crippen molar-refractivity contribution in [3.05, 3.63) is 29.8 Å². The Morgan fingerprint density at radius 2 is 2.12 bits per heavy atom. The van der Waals surface area contributed by atoms with E-state index in [0.717, 1.165) is 31.6 Å². The van der Waals surface area contributed by atoms with Crippen molar-refractivity contribution in [3.8, 4) is 5.75 Å². The Balaban J connectivity index is 1.44. The summed E-state index contributed by atoms with van der Waals surface area (Å²) in [6.07, 6.45) is 3.83. The van der Waals surface area contributed by atoms with Crippen LogP contribution in [0.2, 0.25) is 0 Å². The Morgan fingerprint density at radius 3 is 2.88 bits per heavy atom. The fourth-order valence-corrected chi connectivity index (χ4v) is 2.59. The van der Waals surface area contributed by atoms with Gasteiger partial charge in [0.1, 0.15) is 11.9 Å². The fraction of sp³-hybridized carbons (Fsp3) is 0.571. The number of para-hydroxylation sites is 1. The molecule has 1 saturated carbocycles. The van der Waals surface area contributed by atoms with Gasteiger partial charge in [-0.25, -0.2) is 0 Å². The van der Waals surface area contributed by atoms with E-state index in [1.807, 2.05) is 12.1 Å². The van der Waals surface area contributed by atoms with E-state index in [2.05, 4.69) is 12.1 Å². The van der Waals surface area contributed by atoms with E-state index in [1.54, 1.807) is 0 Å². The molecule has 0 bridgehead atoms. The highest BCUT2D eigenvalue weighted by Crippen LogP contribution is 2.31. The van der Waals surface area contributed by atoms with Crippen molar-refractivity contribution in [1.29, 1.82) is 0 Å². The van der Waals surface area contributed by atoms with Crippen molar-refractivity contribution < 1.29 is 9.47 Å². The zero-order valence-electron chi connectivity index (χ0n) is 9.97. The summed E-state index contributed by atoms with van der Waals surface area (Å²) in [5, 5.41) is 0. The first kappa shape index (κ1) is 11.1. The minimum Gasteiger partial charge on any atom is -0.487 e. The van der Waals surface area contributed by atoms with E-state index in [9.17, 15) is 0 Å². The average molecular weight is 233 g/mol. The summed E-state index contributed by atoms with van der Waals surface area (Å²) in [4.78, 5) is 0. The standard InChI is InChI=1S/C14H19NO2/c15-8-10-5-12(6-10)16-9-13-7-11-3-1-2-4-14(11)17-13/h1-4,10,12-13H,5-9,15H2. The van der Waals surface area contributed by atoms with Gasteiger partial charge in [-0.2, -0.15) is 0 Å². The molecule has 1 fully saturated rings. The maximum Gasteiger partial charge on any atom is 0.126 e. The van der Waals surface area contributed by atoms with E-state index in [4.69, 9.17) is 15.2 Å². The molecule has 0 saturated heterocycles. The largest absolute Gasteiger partial charge is 0.487 e. The molecule has 92 valence electrons. The molecule has 0 amide bonds. The molecule has 0 aromatic heterocycles. The minimum atomic E-state index is 0.198. The summed E-state index contributed by atoms with van der Waals surface area (Å²) in [5.74, 6) is 1.70. The highest BCUT2D eigenvalue weighted by Gasteiger charge is 2.30. The van der Waals surface area contributed by atoms with Gasteiger partial charge in [-0.05, 0) is 36.9 Å². The van der Waals surface area contributed by atoms with Gasteiger partial charge in [0.2, 0.25) is 0 Å². The van der Waals surface area contributed by atoms with Crippen LogP contribution in [0.1, 0.15) is 18.4 Å². The van der Waals surface area contributed by atoms with Gasteiger partial charge in [-0.1, -0.05) is 18.2 Å². The van der Waals surface area contributed by atoms with Gasteiger partial charge in [-0.15, -0.1) is 0 Å². The van der Waals surface area contributed by atoms with Crippen LogP contribution in [-0.2, 0) is 11.2 Å².